The molecule has 0 radical (unpaired) electrons. The van der Waals surface area contributed by atoms with Crippen LogP contribution in [0.5, 0.6) is 5.75 Å². The Bertz CT molecular complexity index is 1580. The fourth-order valence-electron chi connectivity index (χ4n) is 5.69. The first-order valence-corrected chi connectivity index (χ1v) is 15.9. The number of nitrogens with one attached hydrogen (secondary N) is 4. The van der Waals surface area contributed by atoms with E-state index in [9.17, 15) is 24.3 Å². The van der Waals surface area contributed by atoms with Crippen molar-refractivity contribution in [2.24, 2.45) is 0 Å². The lowest BCUT2D eigenvalue weighted by molar-refractivity contribution is -0.135. The Morgan fingerprint density at radius 3 is 2.60 bits per heavy atom. The summed E-state index contributed by atoms with van der Waals surface area (Å²) in [4.78, 5) is 55.5. The normalized spacial score (nSPS) is 24.2. The van der Waals surface area contributed by atoms with Gasteiger partial charge in [0.2, 0.25) is 17.7 Å². The number of rotatable bonds is 3. The Kier molecular flexibility index (Phi) is 11.1. The molecule has 0 spiro atoms. The van der Waals surface area contributed by atoms with Crippen LogP contribution in [0.15, 0.2) is 54.7 Å². The number of aryl methyl sites for hydroxylation is 1. The Hall–Kier alpha value is -4.53. The van der Waals surface area contributed by atoms with Crippen molar-refractivity contribution in [1.29, 1.82) is 0 Å². The highest BCUT2D eigenvalue weighted by molar-refractivity contribution is 6.30. The van der Waals surface area contributed by atoms with Crippen LogP contribution in [0.1, 0.15) is 41.4 Å². The second-order valence-electron chi connectivity index (χ2n) is 11.9. The smallest absolute Gasteiger partial charge is 0.255 e. The molecule has 4 bridgehead atoms. The Morgan fingerprint density at radius 1 is 1.04 bits per heavy atom. The van der Waals surface area contributed by atoms with Gasteiger partial charge in [0, 0.05) is 37.0 Å². The van der Waals surface area contributed by atoms with Gasteiger partial charge in [0.1, 0.15) is 23.5 Å². The van der Waals surface area contributed by atoms with Gasteiger partial charge in [-0.25, -0.2) is 0 Å². The molecule has 15 heteroatoms. The van der Waals surface area contributed by atoms with Crippen LogP contribution >= 0.6 is 11.6 Å². The third-order valence-electron chi connectivity index (χ3n) is 8.17. The van der Waals surface area contributed by atoms with E-state index in [0.29, 0.717) is 41.5 Å². The summed E-state index contributed by atoms with van der Waals surface area (Å²) in [5.41, 5.74) is 1.61. The highest BCUT2D eigenvalue weighted by Gasteiger charge is 2.38. The fourth-order valence-corrected chi connectivity index (χ4v) is 5.85. The SMILES string of the molecule is C[C@@H](O)[C@@H]1NC(=O)[C@@H]2C[C@@H](CN2C)NC(=O)c2ccc(Cl)cc2OCCCn2cc(nn2)CNC(=O)[C@@H](Cc2ccccc2)NC1=O. The molecule has 2 aliphatic rings. The number of amides is 4. The van der Waals surface area contributed by atoms with Crippen molar-refractivity contribution < 1.29 is 29.0 Å². The van der Waals surface area contributed by atoms with Crippen LogP contribution in [-0.4, -0.2) is 99.1 Å². The van der Waals surface area contributed by atoms with Crippen molar-refractivity contribution >= 4 is 35.2 Å². The van der Waals surface area contributed by atoms with Crippen LogP contribution < -0.4 is 26.0 Å². The Morgan fingerprint density at radius 2 is 1.83 bits per heavy atom. The maximum atomic E-state index is 13.5. The van der Waals surface area contributed by atoms with Crippen LogP contribution in [0.3, 0.4) is 0 Å². The molecule has 14 nitrogen and oxygen atoms in total. The summed E-state index contributed by atoms with van der Waals surface area (Å²) in [5.74, 6) is -1.73. The summed E-state index contributed by atoms with van der Waals surface area (Å²) >= 11 is 6.21. The highest BCUT2D eigenvalue weighted by Crippen LogP contribution is 2.25. The molecule has 47 heavy (non-hydrogen) atoms. The predicted octanol–water partition coefficient (Wildman–Crippen LogP) is 0.426. The molecule has 2 aliphatic heterocycles. The number of hydrogen-bond donors (Lipinski definition) is 5. The number of benzene rings is 2. The minimum absolute atomic E-state index is 0.0588. The van der Waals surface area contributed by atoms with Gasteiger partial charge in [-0.15, -0.1) is 5.10 Å². The number of nitrogens with zero attached hydrogens (tertiary/aromatic N) is 4. The average molecular weight is 667 g/mol. The molecule has 2 aromatic carbocycles. The molecule has 1 fully saturated rings. The van der Waals surface area contributed by atoms with Crippen LogP contribution in [0.25, 0.3) is 0 Å². The topological polar surface area (TPSA) is 180 Å². The van der Waals surface area contributed by atoms with Crippen molar-refractivity contribution in [3.63, 3.8) is 0 Å². The Balaban J connectivity index is 1.39. The van der Waals surface area contributed by atoms with Gasteiger partial charge in [0.25, 0.3) is 5.91 Å². The number of likely N-dealkylation sites (N-methyl/N-ethyl adjacent to an activating group) is 1. The number of aromatic nitrogens is 3. The van der Waals surface area contributed by atoms with E-state index in [1.165, 1.54) is 6.92 Å². The van der Waals surface area contributed by atoms with Gasteiger partial charge in [-0.3, -0.25) is 28.8 Å². The van der Waals surface area contributed by atoms with Crippen molar-refractivity contribution in [1.82, 2.24) is 41.2 Å². The van der Waals surface area contributed by atoms with Crippen LogP contribution in [0.2, 0.25) is 5.02 Å². The van der Waals surface area contributed by atoms with Gasteiger partial charge >= 0.3 is 0 Å². The second-order valence-corrected chi connectivity index (χ2v) is 12.3. The minimum atomic E-state index is -1.34. The first-order valence-electron chi connectivity index (χ1n) is 15.5. The van der Waals surface area contributed by atoms with E-state index in [1.807, 2.05) is 30.3 Å². The number of carbonyl (C=O) groups excluding carboxylic acids is 4. The summed E-state index contributed by atoms with van der Waals surface area (Å²) < 4.78 is 7.57. The van der Waals surface area contributed by atoms with Crippen molar-refractivity contribution in [3.8, 4) is 5.75 Å². The zero-order chi connectivity index (χ0) is 33.5. The van der Waals surface area contributed by atoms with E-state index < -0.39 is 42.0 Å². The molecule has 0 saturated carbocycles. The van der Waals surface area contributed by atoms with E-state index in [2.05, 4.69) is 31.6 Å². The lowest BCUT2D eigenvalue weighted by Crippen LogP contribution is -2.59. The van der Waals surface area contributed by atoms with Gasteiger partial charge in [0.15, 0.2) is 0 Å². The monoisotopic (exact) mass is 666 g/mol. The van der Waals surface area contributed by atoms with Crippen molar-refractivity contribution in [2.75, 3.05) is 20.2 Å². The number of halogens is 1. The van der Waals surface area contributed by atoms with E-state index in [0.717, 1.165) is 5.56 Å². The largest absolute Gasteiger partial charge is 0.493 e. The first-order chi connectivity index (χ1) is 22.6. The lowest BCUT2D eigenvalue weighted by atomic mass is 10.0. The predicted molar refractivity (Wildman–Crippen MR) is 171 cm³/mol. The number of ether oxygens (including phenoxy) is 1. The summed E-state index contributed by atoms with van der Waals surface area (Å²) in [6, 6.07) is 10.5. The zero-order valence-corrected chi connectivity index (χ0v) is 26.9. The molecule has 250 valence electrons. The van der Waals surface area contributed by atoms with E-state index in [-0.39, 0.29) is 37.9 Å². The standard InChI is InChI=1S/C32H39ClN8O6/c1-19(42)28-32(46)36-25(13-20-7-4-3-5-8-20)30(44)34-16-23-18-41(39-38-23)11-6-12-47-27-14-21(33)9-10-24(27)29(43)35-22-15-26(31(45)37-28)40(2)17-22/h3-5,7-10,14,18-19,22,25-26,28,42H,6,11-13,15-17H2,1-2H3,(H,34,44)(H,35,43)(H,36,46)(H,37,45)/t19-,22+,25-,26+,28+/m1/s1. The average Bonchev–Trinajstić information content (AvgIpc) is 3.65. The van der Waals surface area contributed by atoms with E-state index >= 15 is 0 Å². The molecular formula is C32H39ClN8O6. The molecule has 4 amide bonds. The number of likely N-dealkylation sites (tertiary alicyclic amines) is 1. The molecule has 5 atom stereocenters. The van der Waals surface area contributed by atoms with Crippen LogP contribution in [0, 0.1) is 0 Å². The number of hydrogen-bond acceptors (Lipinski definition) is 9. The molecule has 5 rings (SSSR count). The van der Waals surface area contributed by atoms with Crippen LogP contribution in [-0.2, 0) is 33.9 Å². The summed E-state index contributed by atoms with van der Waals surface area (Å²) in [5, 5.41) is 30.4. The zero-order valence-electron chi connectivity index (χ0n) is 26.2. The van der Waals surface area contributed by atoms with Crippen molar-refractivity contribution in [2.45, 2.75) is 69.5 Å². The fraction of sp³-hybridized carbons (Fsp3) is 0.438. The van der Waals surface area contributed by atoms with E-state index in [1.54, 1.807) is 41.0 Å². The molecule has 5 N–H and O–H groups in total. The van der Waals surface area contributed by atoms with Crippen LogP contribution in [0.4, 0.5) is 0 Å². The number of aliphatic hydroxyl groups excluding tert-OH is 1. The third kappa shape index (κ3) is 8.84. The molecule has 1 saturated heterocycles. The van der Waals surface area contributed by atoms with Gasteiger partial charge < -0.3 is 31.1 Å². The molecular weight excluding hydrogens is 628 g/mol. The minimum Gasteiger partial charge on any atom is -0.493 e. The lowest BCUT2D eigenvalue weighted by Gasteiger charge is -2.27. The number of aliphatic hydroxyl groups is 1. The summed E-state index contributed by atoms with van der Waals surface area (Å²) in [6.45, 7) is 2.56. The quantitative estimate of drug-likeness (QED) is 0.265. The third-order valence-corrected chi connectivity index (χ3v) is 8.41. The van der Waals surface area contributed by atoms with Gasteiger partial charge in [0.05, 0.1) is 37.1 Å². The highest BCUT2D eigenvalue weighted by atomic mass is 35.5. The first kappa shape index (κ1) is 33.8. The molecule has 0 aliphatic carbocycles. The molecule has 3 heterocycles. The molecule has 0 unspecified atom stereocenters. The maximum absolute atomic E-state index is 13.5. The second kappa shape index (κ2) is 15.4. The van der Waals surface area contributed by atoms with E-state index in [4.69, 9.17) is 16.3 Å². The number of fused-ring (bicyclic) bond motifs is 5. The Labute approximate surface area is 277 Å². The molecule has 1 aromatic heterocycles. The summed E-state index contributed by atoms with van der Waals surface area (Å²) in [7, 11) is 1.74. The molecule has 3 aromatic rings. The summed E-state index contributed by atoms with van der Waals surface area (Å²) in [6.07, 6.45) is 1.41. The maximum Gasteiger partial charge on any atom is 0.255 e. The van der Waals surface area contributed by atoms with Gasteiger partial charge in [-0.1, -0.05) is 47.1 Å². The van der Waals surface area contributed by atoms with Gasteiger partial charge in [-0.05, 0) is 44.2 Å². The number of carbonyl (C=O) groups is 4. The van der Waals surface area contributed by atoms with Crippen molar-refractivity contribution in [3.05, 3.63) is 76.6 Å². The van der Waals surface area contributed by atoms with Gasteiger partial charge in [-0.2, -0.15) is 0 Å².